The number of methoxy groups -OCH3 is 1. The summed E-state index contributed by atoms with van der Waals surface area (Å²) in [5, 5.41) is 0. The lowest BCUT2D eigenvalue weighted by atomic mass is 10.3. The van der Waals surface area contributed by atoms with Crippen molar-refractivity contribution in [2.24, 2.45) is 0 Å². The van der Waals surface area contributed by atoms with Crippen LogP contribution in [-0.4, -0.2) is 66.3 Å². The van der Waals surface area contributed by atoms with Crippen LogP contribution in [0.2, 0.25) is 0 Å². The first kappa shape index (κ1) is 17.8. The number of ether oxygens (including phenoxy) is 1. The van der Waals surface area contributed by atoms with E-state index in [1.807, 2.05) is 25.1 Å². The van der Waals surface area contributed by atoms with Gasteiger partial charge in [-0.05, 0) is 38.4 Å². The van der Waals surface area contributed by atoms with Crippen molar-refractivity contribution in [1.82, 2.24) is 19.9 Å². The largest absolute Gasteiger partial charge is 0.385 e. The van der Waals surface area contributed by atoms with Crippen LogP contribution in [0.4, 0.5) is 5.82 Å². The second-order valence-electron chi connectivity index (χ2n) is 6.43. The van der Waals surface area contributed by atoms with E-state index in [1.54, 1.807) is 13.3 Å². The first-order valence-corrected chi connectivity index (χ1v) is 8.99. The van der Waals surface area contributed by atoms with Crippen LogP contribution in [0.25, 0.3) is 11.5 Å². The van der Waals surface area contributed by atoms with E-state index in [-0.39, 0.29) is 0 Å². The third kappa shape index (κ3) is 4.96. The van der Waals surface area contributed by atoms with E-state index in [0.717, 1.165) is 69.4 Å². The van der Waals surface area contributed by atoms with Gasteiger partial charge < -0.3 is 14.5 Å². The van der Waals surface area contributed by atoms with E-state index in [9.17, 15) is 0 Å². The first-order chi connectivity index (χ1) is 12.3. The molecule has 0 radical (unpaired) electrons. The number of hydrogen-bond acceptors (Lipinski definition) is 6. The summed E-state index contributed by atoms with van der Waals surface area (Å²) in [7, 11) is 1.76. The molecule has 3 rings (SSSR count). The van der Waals surface area contributed by atoms with Crippen LogP contribution in [0.3, 0.4) is 0 Å². The highest BCUT2D eigenvalue weighted by Gasteiger charge is 2.17. The van der Waals surface area contributed by atoms with Gasteiger partial charge in [0.05, 0.1) is 0 Å². The van der Waals surface area contributed by atoms with Crippen LogP contribution < -0.4 is 4.90 Å². The molecule has 0 aliphatic carbocycles. The number of aryl methyl sites for hydroxylation is 1. The lowest BCUT2D eigenvalue weighted by Crippen LogP contribution is -2.32. The molecular weight excluding hydrogens is 314 g/mol. The van der Waals surface area contributed by atoms with Gasteiger partial charge in [-0.25, -0.2) is 9.97 Å². The van der Waals surface area contributed by atoms with Crippen LogP contribution in [0.5, 0.6) is 0 Å². The smallest absolute Gasteiger partial charge is 0.180 e. The standard InChI is InChI=1S/C19H27N5O/c1-16-15-18(22-19(21-16)17-7-3-4-8-20-17)24-11-5-9-23(12-13-24)10-6-14-25-2/h3-4,7-8,15H,5-6,9-14H2,1-2H3. The minimum absolute atomic E-state index is 0.705. The molecule has 6 heteroatoms. The zero-order chi connectivity index (χ0) is 17.5. The van der Waals surface area contributed by atoms with Gasteiger partial charge in [0, 0.05) is 57.9 Å². The molecule has 1 aliphatic rings. The summed E-state index contributed by atoms with van der Waals surface area (Å²) in [6, 6.07) is 7.91. The Morgan fingerprint density at radius 3 is 2.84 bits per heavy atom. The van der Waals surface area contributed by atoms with Gasteiger partial charge in [0.1, 0.15) is 11.5 Å². The number of rotatable bonds is 6. The van der Waals surface area contributed by atoms with Crippen LogP contribution in [0, 0.1) is 6.92 Å². The van der Waals surface area contributed by atoms with Gasteiger partial charge in [0.2, 0.25) is 0 Å². The fourth-order valence-electron chi connectivity index (χ4n) is 3.18. The Bertz CT molecular complexity index is 664. The molecule has 25 heavy (non-hydrogen) atoms. The number of nitrogens with zero attached hydrogens (tertiary/aromatic N) is 5. The molecule has 0 aromatic carbocycles. The molecule has 0 bridgehead atoms. The van der Waals surface area contributed by atoms with Crippen molar-refractivity contribution in [3.8, 4) is 11.5 Å². The Kier molecular flexibility index (Phi) is 6.30. The van der Waals surface area contributed by atoms with Crippen molar-refractivity contribution in [1.29, 1.82) is 0 Å². The molecule has 1 aliphatic heterocycles. The summed E-state index contributed by atoms with van der Waals surface area (Å²) in [6.45, 7) is 8.17. The lowest BCUT2D eigenvalue weighted by molar-refractivity contribution is 0.174. The summed E-state index contributed by atoms with van der Waals surface area (Å²) in [6.07, 6.45) is 4.02. The predicted octanol–water partition coefficient (Wildman–Crippen LogP) is 2.40. The van der Waals surface area contributed by atoms with Crippen LogP contribution in [0.1, 0.15) is 18.5 Å². The first-order valence-electron chi connectivity index (χ1n) is 8.99. The molecule has 134 valence electrons. The SMILES string of the molecule is COCCCN1CCCN(c2cc(C)nc(-c3ccccn3)n2)CC1. The Balaban J connectivity index is 1.70. The molecule has 0 atom stereocenters. The zero-order valence-corrected chi connectivity index (χ0v) is 15.2. The second kappa shape index (κ2) is 8.87. The summed E-state index contributed by atoms with van der Waals surface area (Å²) < 4.78 is 5.16. The number of hydrogen-bond donors (Lipinski definition) is 0. The zero-order valence-electron chi connectivity index (χ0n) is 15.2. The Labute approximate surface area is 149 Å². The second-order valence-corrected chi connectivity index (χ2v) is 6.43. The van der Waals surface area contributed by atoms with Gasteiger partial charge in [0.15, 0.2) is 5.82 Å². The minimum Gasteiger partial charge on any atom is -0.385 e. The van der Waals surface area contributed by atoms with Crippen molar-refractivity contribution in [3.05, 3.63) is 36.2 Å². The number of anilines is 1. The summed E-state index contributed by atoms with van der Waals surface area (Å²) in [4.78, 5) is 18.6. The molecule has 1 fully saturated rings. The van der Waals surface area contributed by atoms with Crippen molar-refractivity contribution in [3.63, 3.8) is 0 Å². The lowest BCUT2D eigenvalue weighted by Gasteiger charge is -2.23. The highest BCUT2D eigenvalue weighted by atomic mass is 16.5. The van der Waals surface area contributed by atoms with Crippen molar-refractivity contribution >= 4 is 5.82 Å². The summed E-state index contributed by atoms with van der Waals surface area (Å²) in [5.74, 6) is 1.71. The predicted molar refractivity (Wildman–Crippen MR) is 99.8 cm³/mol. The van der Waals surface area contributed by atoms with Crippen molar-refractivity contribution < 1.29 is 4.74 Å². The average molecular weight is 341 g/mol. The Morgan fingerprint density at radius 2 is 2.04 bits per heavy atom. The maximum atomic E-state index is 5.16. The molecule has 0 saturated carbocycles. The monoisotopic (exact) mass is 341 g/mol. The topological polar surface area (TPSA) is 54.4 Å². The summed E-state index contributed by atoms with van der Waals surface area (Å²) >= 11 is 0. The van der Waals surface area contributed by atoms with Gasteiger partial charge in [-0.1, -0.05) is 6.07 Å². The normalized spacial score (nSPS) is 16.0. The van der Waals surface area contributed by atoms with E-state index in [2.05, 4.69) is 25.8 Å². The van der Waals surface area contributed by atoms with Gasteiger partial charge in [-0.3, -0.25) is 4.98 Å². The minimum atomic E-state index is 0.705. The number of pyridine rings is 1. The highest BCUT2D eigenvalue weighted by Crippen LogP contribution is 2.20. The molecule has 0 spiro atoms. The van der Waals surface area contributed by atoms with E-state index in [1.165, 1.54) is 0 Å². The van der Waals surface area contributed by atoms with Crippen LogP contribution >= 0.6 is 0 Å². The fourth-order valence-corrected chi connectivity index (χ4v) is 3.18. The maximum absolute atomic E-state index is 5.16. The molecule has 0 unspecified atom stereocenters. The average Bonchev–Trinajstić information content (AvgIpc) is 2.88. The van der Waals surface area contributed by atoms with Gasteiger partial charge in [0.25, 0.3) is 0 Å². The van der Waals surface area contributed by atoms with Crippen LogP contribution in [-0.2, 0) is 4.74 Å². The van der Waals surface area contributed by atoms with Crippen molar-refractivity contribution in [2.45, 2.75) is 19.8 Å². The number of aromatic nitrogens is 3. The van der Waals surface area contributed by atoms with E-state index >= 15 is 0 Å². The van der Waals surface area contributed by atoms with Crippen molar-refractivity contribution in [2.75, 3.05) is 51.3 Å². The molecule has 0 amide bonds. The highest BCUT2D eigenvalue weighted by molar-refractivity contribution is 5.53. The van der Waals surface area contributed by atoms with E-state index in [4.69, 9.17) is 9.72 Å². The van der Waals surface area contributed by atoms with E-state index < -0.39 is 0 Å². The van der Waals surface area contributed by atoms with Gasteiger partial charge >= 0.3 is 0 Å². The molecule has 6 nitrogen and oxygen atoms in total. The molecular formula is C19H27N5O. The molecule has 1 saturated heterocycles. The van der Waals surface area contributed by atoms with Gasteiger partial charge in [-0.2, -0.15) is 0 Å². The maximum Gasteiger partial charge on any atom is 0.180 e. The van der Waals surface area contributed by atoms with Gasteiger partial charge in [-0.15, -0.1) is 0 Å². The molecule has 0 N–H and O–H groups in total. The fraction of sp³-hybridized carbons (Fsp3) is 0.526. The Hall–Kier alpha value is -2.05. The van der Waals surface area contributed by atoms with E-state index in [0.29, 0.717) is 5.82 Å². The quantitative estimate of drug-likeness (QED) is 0.752. The summed E-state index contributed by atoms with van der Waals surface area (Å²) in [5.41, 5.74) is 1.80. The molecule has 2 aromatic rings. The Morgan fingerprint density at radius 1 is 1.12 bits per heavy atom. The third-order valence-corrected chi connectivity index (χ3v) is 4.47. The molecule has 3 heterocycles. The van der Waals surface area contributed by atoms with Crippen LogP contribution in [0.15, 0.2) is 30.5 Å². The molecule has 2 aromatic heterocycles. The third-order valence-electron chi connectivity index (χ3n) is 4.47.